The van der Waals surface area contributed by atoms with Crippen LogP contribution in [0, 0.1) is 32.1 Å². The van der Waals surface area contributed by atoms with Crippen LogP contribution >= 0.6 is 0 Å². The van der Waals surface area contributed by atoms with E-state index in [1.807, 2.05) is 58.2 Å². The van der Waals surface area contributed by atoms with E-state index in [1.165, 1.54) is 3.97 Å². The molecule has 0 aliphatic rings. The summed E-state index contributed by atoms with van der Waals surface area (Å²) < 4.78 is 55.4. The highest BCUT2D eigenvalue weighted by molar-refractivity contribution is 7.91. The normalized spacial score (nSPS) is 13.7. The molecule has 0 N–H and O–H groups in total. The lowest BCUT2D eigenvalue weighted by molar-refractivity contribution is 0.0895. The standard InChI is InChI=1S/C36H43N5O4S2Si/c1-24-10-13-28(14-11-24)47(43,44)41-17-16-29-32(25(2)20-26(3)34(29)41)33(39-46(42)36(4,5)6)35-38-30-21-27(22-37)12-15-31(30)40(35)23-45-18-19-48(7,8)9/h10-17,20-21H,18-19,23H2,1-9H3. The van der Waals surface area contributed by atoms with E-state index in [1.54, 1.807) is 48.7 Å². The molecule has 0 fully saturated rings. The van der Waals surface area contributed by atoms with Crippen LogP contribution in [-0.2, 0) is 32.9 Å². The Morgan fingerprint density at radius 1 is 1.04 bits per heavy atom. The summed E-state index contributed by atoms with van der Waals surface area (Å²) >= 11 is -1.70. The SMILES string of the molecule is Cc1ccc(S(=O)(=O)n2ccc3c(C(=N[S+]([O-])C(C)(C)C)c4nc5cc(C#N)ccc5n4COCC[Si](C)(C)C)c(C)cc(C)c32)cc1. The van der Waals surface area contributed by atoms with E-state index in [9.17, 15) is 18.2 Å². The van der Waals surface area contributed by atoms with Gasteiger partial charge in [-0.25, -0.2) is 17.4 Å². The van der Waals surface area contributed by atoms with Crippen LogP contribution in [0.1, 0.15) is 54.4 Å². The molecule has 0 bridgehead atoms. The van der Waals surface area contributed by atoms with Crippen molar-refractivity contribution in [1.29, 1.82) is 5.26 Å². The second kappa shape index (κ2) is 13.3. The summed E-state index contributed by atoms with van der Waals surface area (Å²) in [4.78, 5) is 5.17. The lowest BCUT2D eigenvalue weighted by atomic mass is 9.96. The van der Waals surface area contributed by atoms with E-state index in [-0.39, 0.29) is 11.6 Å². The third kappa shape index (κ3) is 7.16. The fraction of sp³-hybridized carbons (Fsp3) is 0.361. The molecule has 5 aromatic rings. The van der Waals surface area contributed by atoms with Crippen molar-refractivity contribution in [2.24, 2.45) is 4.40 Å². The zero-order chi connectivity index (χ0) is 35.2. The van der Waals surface area contributed by atoms with Crippen LogP contribution in [0.2, 0.25) is 25.7 Å². The van der Waals surface area contributed by atoms with Crippen molar-refractivity contribution in [3.8, 4) is 6.07 Å². The van der Waals surface area contributed by atoms with Crippen molar-refractivity contribution in [2.75, 3.05) is 6.61 Å². The minimum atomic E-state index is -3.94. The monoisotopic (exact) mass is 701 g/mol. The van der Waals surface area contributed by atoms with Gasteiger partial charge < -0.3 is 9.29 Å². The van der Waals surface area contributed by atoms with Crippen molar-refractivity contribution in [1.82, 2.24) is 13.5 Å². The molecule has 0 spiro atoms. The van der Waals surface area contributed by atoms with Crippen molar-refractivity contribution in [2.45, 2.75) is 83.6 Å². The number of aryl methyl sites for hydroxylation is 3. The number of aromatic nitrogens is 3. The molecule has 1 atom stereocenters. The highest BCUT2D eigenvalue weighted by atomic mass is 32.2. The van der Waals surface area contributed by atoms with Gasteiger partial charge in [0.2, 0.25) is 0 Å². The van der Waals surface area contributed by atoms with Gasteiger partial charge in [0.1, 0.15) is 22.8 Å². The highest BCUT2D eigenvalue weighted by Crippen LogP contribution is 2.34. The molecular weight excluding hydrogens is 659 g/mol. The highest BCUT2D eigenvalue weighted by Gasteiger charge is 2.32. The smallest absolute Gasteiger partial charge is 0.268 e. The summed E-state index contributed by atoms with van der Waals surface area (Å²) in [7, 11) is -5.30. The Morgan fingerprint density at radius 3 is 2.35 bits per heavy atom. The molecule has 5 rings (SSSR count). The van der Waals surface area contributed by atoms with E-state index in [4.69, 9.17) is 14.1 Å². The summed E-state index contributed by atoms with van der Waals surface area (Å²) in [6.07, 6.45) is 1.57. The number of ether oxygens (including phenoxy) is 1. The molecular formula is C36H43N5O4S2Si. The first-order valence-electron chi connectivity index (χ1n) is 15.9. The first-order chi connectivity index (χ1) is 22.4. The molecule has 0 radical (unpaired) electrons. The Labute approximate surface area is 287 Å². The number of rotatable bonds is 10. The molecule has 48 heavy (non-hydrogen) atoms. The second-order valence-corrected chi connectivity index (χ2v) is 23.7. The lowest BCUT2D eigenvalue weighted by Gasteiger charge is -2.21. The molecule has 0 saturated heterocycles. The third-order valence-electron chi connectivity index (χ3n) is 8.14. The van der Waals surface area contributed by atoms with Gasteiger partial charge in [0.25, 0.3) is 10.0 Å². The maximum absolute atomic E-state index is 14.0. The molecule has 3 aromatic carbocycles. The Morgan fingerprint density at radius 2 is 1.73 bits per heavy atom. The number of hydrogen-bond acceptors (Lipinski definition) is 7. The Balaban J connectivity index is 1.79. The van der Waals surface area contributed by atoms with Crippen molar-refractivity contribution in [3.63, 3.8) is 0 Å². The molecule has 9 nitrogen and oxygen atoms in total. The average Bonchev–Trinajstić information content (AvgIpc) is 3.60. The minimum absolute atomic E-state index is 0.167. The number of nitrogens with zero attached hydrogens (tertiary/aromatic N) is 5. The molecule has 0 aliphatic heterocycles. The van der Waals surface area contributed by atoms with Gasteiger partial charge in [-0.15, -0.1) is 0 Å². The predicted octanol–water partition coefficient (Wildman–Crippen LogP) is 7.64. The number of fused-ring (bicyclic) bond motifs is 2. The van der Waals surface area contributed by atoms with Crippen LogP contribution in [0.15, 0.2) is 70.1 Å². The van der Waals surface area contributed by atoms with Crippen LogP contribution in [-0.4, -0.2) is 51.6 Å². The van der Waals surface area contributed by atoms with E-state index in [2.05, 4.69) is 25.7 Å². The molecule has 2 aromatic heterocycles. The minimum Gasteiger partial charge on any atom is -0.591 e. The van der Waals surface area contributed by atoms with Gasteiger partial charge in [-0.05, 0) is 95.1 Å². The molecule has 0 aliphatic carbocycles. The number of benzene rings is 3. The van der Waals surface area contributed by atoms with Crippen molar-refractivity contribution >= 4 is 57.1 Å². The van der Waals surface area contributed by atoms with Crippen LogP contribution in [0.3, 0.4) is 0 Å². The Bertz CT molecular complexity index is 2180. The van der Waals surface area contributed by atoms with Gasteiger partial charge in [-0.1, -0.05) is 47.8 Å². The second-order valence-electron chi connectivity index (χ2n) is 14.4. The summed E-state index contributed by atoms with van der Waals surface area (Å²) in [5, 5.41) is 10.3. The Kier molecular flexibility index (Phi) is 9.85. The fourth-order valence-electron chi connectivity index (χ4n) is 5.48. The van der Waals surface area contributed by atoms with E-state index >= 15 is 0 Å². The maximum atomic E-state index is 14.0. The molecule has 12 heteroatoms. The fourth-order valence-corrected chi connectivity index (χ4v) is 8.26. The topological polar surface area (TPSA) is 125 Å². The third-order valence-corrected chi connectivity index (χ3v) is 12.9. The summed E-state index contributed by atoms with van der Waals surface area (Å²) in [6.45, 7) is 18.9. The number of hydrogen-bond donors (Lipinski definition) is 0. The van der Waals surface area contributed by atoms with Crippen molar-refractivity contribution < 1.29 is 17.7 Å². The average molecular weight is 702 g/mol. The first kappa shape index (κ1) is 35.6. The lowest BCUT2D eigenvalue weighted by Crippen LogP contribution is -2.28. The van der Waals surface area contributed by atoms with Gasteiger partial charge in [-0.2, -0.15) is 5.26 Å². The summed E-state index contributed by atoms with van der Waals surface area (Å²) in [6, 6.07) is 18.9. The van der Waals surface area contributed by atoms with Gasteiger partial charge in [0.15, 0.2) is 11.5 Å². The van der Waals surface area contributed by atoms with Crippen LogP contribution in [0.5, 0.6) is 0 Å². The van der Waals surface area contributed by atoms with Gasteiger partial charge >= 0.3 is 0 Å². The predicted molar refractivity (Wildman–Crippen MR) is 197 cm³/mol. The van der Waals surface area contributed by atoms with Crippen LogP contribution in [0.4, 0.5) is 0 Å². The quantitative estimate of drug-likeness (QED) is 0.0638. The first-order valence-corrected chi connectivity index (χ1v) is 22.1. The van der Waals surface area contributed by atoms with Crippen LogP contribution < -0.4 is 0 Å². The van der Waals surface area contributed by atoms with Gasteiger partial charge in [0, 0.05) is 31.8 Å². The van der Waals surface area contributed by atoms with E-state index in [0.29, 0.717) is 45.7 Å². The molecule has 0 saturated carbocycles. The van der Waals surface area contributed by atoms with Gasteiger partial charge in [0.05, 0.1) is 33.1 Å². The van der Waals surface area contributed by atoms with E-state index in [0.717, 1.165) is 28.3 Å². The zero-order valence-corrected chi connectivity index (χ0v) is 31.7. The van der Waals surface area contributed by atoms with Crippen molar-refractivity contribution in [3.05, 3.63) is 94.4 Å². The molecule has 252 valence electrons. The number of nitriles is 1. The zero-order valence-electron chi connectivity index (χ0n) is 29.1. The van der Waals surface area contributed by atoms with Gasteiger partial charge in [-0.3, -0.25) is 4.57 Å². The molecule has 0 amide bonds. The molecule has 2 heterocycles. The molecule has 1 unspecified atom stereocenters. The maximum Gasteiger partial charge on any atom is 0.268 e. The van der Waals surface area contributed by atoms with Crippen LogP contribution in [0.25, 0.3) is 21.9 Å². The largest absolute Gasteiger partial charge is 0.591 e. The summed E-state index contributed by atoms with van der Waals surface area (Å²) in [5.41, 5.74) is 5.83. The Hall–Kier alpha value is -3.73. The summed E-state index contributed by atoms with van der Waals surface area (Å²) in [5.74, 6) is 0.424. The van der Waals surface area contributed by atoms with E-state index < -0.39 is 34.2 Å². The number of imidazole rings is 1.